The largest absolute Gasteiger partial charge is 0.339 e. The molecule has 3 nitrogen and oxygen atoms in total. The summed E-state index contributed by atoms with van der Waals surface area (Å²) in [6.07, 6.45) is 12.2. The molecule has 3 aliphatic rings. The van der Waals surface area contributed by atoms with Crippen LogP contribution in [-0.2, 0) is 4.79 Å². The molecule has 2 N–H and O–H groups in total. The third-order valence-electron chi connectivity index (χ3n) is 6.58. The Labute approximate surface area is 129 Å². The molecular formula is C18H32N2O. The van der Waals surface area contributed by atoms with Crippen molar-refractivity contribution in [2.75, 3.05) is 13.1 Å². The Hall–Kier alpha value is -0.570. The van der Waals surface area contributed by atoms with Crippen molar-refractivity contribution in [3.05, 3.63) is 0 Å². The van der Waals surface area contributed by atoms with E-state index in [2.05, 4.69) is 11.8 Å². The molecule has 3 fully saturated rings. The molecule has 0 aromatic carbocycles. The van der Waals surface area contributed by atoms with Crippen molar-refractivity contribution < 1.29 is 4.79 Å². The van der Waals surface area contributed by atoms with Crippen LogP contribution in [0.3, 0.4) is 0 Å². The zero-order valence-electron chi connectivity index (χ0n) is 13.7. The molecule has 120 valence electrons. The smallest absolute Gasteiger partial charge is 0.230 e. The van der Waals surface area contributed by atoms with Gasteiger partial charge < -0.3 is 10.6 Å². The van der Waals surface area contributed by atoms with Crippen molar-refractivity contribution in [3.8, 4) is 0 Å². The van der Waals surface area contributed by atoms with E-state index in [1.54, 1.807) is 0 Å². The summed E-state index contributed by atoms with van der Waals surface area (Å²) in [7, 11) is 0. The number of nitrogens with two attached hydrogens (primary N) is 1. The number of carbonyl (C=O) groups excluding carboxylic acids is 1. The van der Waals surface area contributed by atoms with Gasteiger partial charge in [-0.15, -0.1) is 0 Å². The topological polar surface area (TPSA) is 46.3 Å². The van der Waals surface area contributed by atoms with Gasteiger partial charge >= 0.3 is 0 Å². The van der Waals surface area contributed by atoms with E-state index in [1.165, 1.54) is 51.4 Å². The molecule has 0 radical (unpaired) electrons. The predicted octanol–water partition coefficient (Wildman–Crippen LogP) is 3.32. The van der Waals surface area contributed by atoms with Crippen LogP contribution >= 0.6 is 0 Å². The number of hydrogen-bond acceptors (Lipinski definition) is 2. The third kappa shape index (κ3) is 2.86. The fourth-order valence-electron chi connectivity index (χ4n) is 5.00. The molecule has 0 aromatic rings. The summed E-state index contributed by atoms with van der Waals surface area (Å²) in [5, 5.41) is 0. The van der Waals surface area contributed by atoms with Crippen molar-refractivity contribution in [3.63, 3.8) is 0 Å². The molecule has 1 aliphatic heterocycles. The van der Waals surface area contributed by atoms with Crippen molar-refractivity contribution in [2.24, 2.45) is 23.0 Å². The van der Waals surface area contributed by atoms with Crippen LogP contribution in [0.25, 0.3) is 0 Å². The maximum Gasteiger partial charge on any atom is 0.230 e. The molecule has 2 aliphatic carbocycles. The van der Waals surface area contributed by atoms with Crippen molar-refractivity contribution in [2.45, 2.75) is 77.2 Å². The van der Waals surface area contributed by atoms with Crippen LogP contribution in [0.5, 0.6) is 0 Å². The molecule has 1 atom stereocenters. The Morgan fingerprint density at radius 3 is 2.38 bits per heavy atom. The summed E-state index contributed by atoms with van der Waals surface area (Å²) < 4.78 is 0. The Kier molecular flexibility index (Phi) is 4.58. The van der Waals surface area contributed by atoms with Crippen LogP contribution in [0.15, 0.2) is 0 Å². The summed E-state index contributed by atoms with van der Waals surface area (Å²) in [4.78, 5) is 15.5. The van der Waals surface area contributed by atoms with E-state index in [-0.39, 0.29) is 5.41 Å². The summed E-state index contributed by atoms with van der Waals surface area (Å²) >= 11 is 0. The molecule has 0 spiro atoms. The third-order valence-corrected chi connectivity index (χ3v) is 6.58. The number of amides is 1. The number of rotatable bonds is 3. The first-order valence-corrected chi connectivity index (χ1v) is 9.17. The molecule has 3 rings (SSSR count). The highest BCUT2D eigenvalue weighted by atomic mass is 16.2. The van der Waals surface area contributed by atoms with Crippen LogP contribution in [0, 0.1) is 17.3 Å². The highest BCUT2D eigenvalue weighted by Gasteiger charge is 2.46. The summed E-state index contributed by atoms with van der Waals surface area (Å²) in [5.74, 6) is 1.95. The number of carbonyl (C=O) groups is 1. The van der Waals surface area contributed by atoms with Gasteiger partial charge in [0.05, 0.1) is 5.41 Å². The molecule has 1 unspecified atom stereocenters. The van der Waals surface area contributed by atoms with E-state index in [0.717, 1.165) is 31.2 Å². The molecular weight excluding hydrogens is 260 g/mol. The average Bonchev–Trinajstić information content (AvgIpc) is 3.18. The molecule has 2 saturated carbocycles. The van der Waals surface area contributed by atoms with Gasteiger partial charge in [0, 0.05) is 19.1 Å². The first-order chi connectivity index (χ1) is 10.2. The molecule has 1 heterocycles. The van der Waals surface area contributed by atoms with E-state index in [4.69, 9.17) is 5.73 Å². The maximum atomic E-state index is 13.3. The van der Waals surface area contributed by atoms with Gasteiger partial charge in [-0.2, -0.15) is 0 Å². The standard InChI is InChI=1S/C18H32N2O/c1-14-8-10-18(13-19,11-9-14)17(21)20-12-4-7-16(20)15-5-2-3-6-15/h14-16H,2-13,19H2,1H3. The molecule has 1 amide bonds. The lowest BCUT2D eigenvalue weighted by Crippen LogP contribution is -2.52. The van der Waals surface area contributed by atoms with Gasteiger partial charge in [-0.05, 0) is 63.2 Å². The minimum Gasteiger partial charge on any atom is -0.339 e. The highest BCUT2D eigenvalue weighted by Crippen LogP contribution is 2.43. The first kappa shape index (κ1) is 15.3. The summed E-state index contributed by atoms with van der Waals surface area (Å²) in [5.41, 5.74) is 5.88. The number of likely N-dealkylation sites (tertiary alicyclic amines) is 1. The maximum absolute atomic E-state index is 13.3. The van der Waals surface area contributed by atoms with E-state index in [0.29, 0.717) is 18.5 Å². The first-order valence-electron chi connectivity index (χ1n) is 9.17. The van der Waals surface area contributed by atoms with Gasteiger partial charge in [-0.3, -0.25) is 4.79 Å². The molecule has 21 heavy (non-hydrogen) atoms. The van der Waals surface area contributed by atoms with E-state index >= 15 is 0 Å². The minimum absolute atomic E-state index is 0.228. The monoisotopic (exact) mass is 292 g/mol. The van der Waals surface area contributed by atoms with Crippen LogP contribution in [0.1, 0.15) is 71.1 Å². The Morgan fingerprint density at radius 2 is 1.76 bits per heavy atom. The van der Waals surface area contributed by atoms with Crippen molar-refractivity contribution in [1.29, 1.82) is 0 Å². The summed E-state index contributed by atoms with van der Waals surface area (Å²) in [6.45, 7) is 3.84. The number of nitrogens with zero attached hydrogens (tertiary/aromatic N) is 1. The fraction of sp³-hybridized carbons (Fsp3) is 0.944. The SMILES string of the molecule is CC1CCC(CN)(C(=O)N2CCCC2C2CCCC2)CC1. The van der Waals surface area contributed by atoms with Crippen LogP contribution in [-0.4, -0.2) is 29.9 Å². The van der Waals surface area contributed by atoms with E-state index in [1.807, 2.05) is 0 Å². The second-order valence-corrected chi connectivity index (χ2v) is 7.92. The van der Waals surface area contributed by atoms with Crippen LogP contribution in [0.2, 0.25) is 0 Å². The molecule has 1 saturated heterocycles. The van der Waals surface area contributed by atoms with Gasteiger partial charge in [0.1, 0.15) is 0 Å². The zero-order chi connectivity index (χ0) is 14.9. The normalized spacial score (nSPS) is 38.1. The molecule has 0 aromatic heterocycles. The summed E-state index contributed by atoms with van der Waals surface area (Å²) in [6, 6.07) is 0.530. The average molecular weight is 292 g/mol. The van der Waals surface area contributed by atoms with Crippen molar-refractivity contribution in [1.82, 2.24) is 4.90 Å². The Morgan fingerprint density at radius 1 is 1.10 bits per heavy atom. The predicted molar refractivity (Wildman–Crippen MR) is 85.8 cm³/mol. The Bertz CT molecular complexity index is 367. The minimum atomic E-state index is -0.228. The van der Waals surface area contributed by atoms with Gasteiger partial charge in [0.25, 0.3) is 0 Å². The Balaban J connectivity index is 1.73. The van der Waals surface area contributed by atoms with E-state index < -0.39 is 0 Å². The lowest BCUT2D eigenvalue weighted by molar-refractivity contribution is -0.146. The number of hydrogen-bond donors (Lipinski definition) is 1. The van der Waals surface area contributed by atoms with Gasteiger partial charge in [0.15, 0.2) is 0 Å². The fourth-order valence-corrected chi connectivity index (χ4v) is 5.00. The second kappa shape index (κ2) is 6.28. The van der Waals surface area contributed by atoms with Crippen molar-refractivity contribution >= 4 is 5.91 Å². The van der Waals surface area contributed by atoms with Gasteiger partial charge in [-0.25, -0.2) is 0 Å². The van der Waals surface area contributed by atoms with Gasteiger partial charge in [0.2, 0.25) is 5.91 Å². The zero-order valence-corrected chi connectivity index (χ0v) is 13.7. The van der Waals surface area contributed by atoms with E-state index in [9.17, 15) is 4.79 Å². The molecule has 0 bridgehead atoms. The van der Waals surface area contributed by atoms with Crippen LogP contribution < -0.4 is 5.73 Å². The lowest BCUT2D eigenvalue weighted by Gasteiger charge is -2.42. The van der Waals surface area contributed by atoms with Gasteiger partial charge in [-0.1, -0.05) is 19.8 Å². The molecule has 3 heteroatoms. The highest BCUT2D eigenvalue weighted by molar-refractivity contribution is 5.83. The second-order valence-electron chi connectivity index (χ2n) is 7.92. The quantitative estimate of drug-likeness (QED) is 0.867. The van der Waals surface area contributed by atoms with Crippen LogP contribution in [0.4, 0.5) is 0 Å². The lowest BCUT2D eigenvalue weighted by atomic mass is 9.69.